The first-order valence-electron chi connectivity index (χ1n) is 8.38. The Morgan fingerprint density at radius 1 is 1.07 bits per heavy atom. The van der Waals surface area contributed by atoms with Crippen molar-refractivity contribution in [1.29, 1.82) is 5.26 Å². The number of thioether (sulfide) groups is 1. The molecular formula is C21H15N3OS2. The van der Waals surface area contributed by atoms with Crippen LogP contribution in [-0.4, -0.2) is 9.97 Å². The van der Waals surface area contributed by atoms with E-state index >= 15 is 0 Å². The highest BCUT2D eigenvalue weighted by Gasteiger charge is 2.10. The third-order valence-corrected chi connectivity index (χ3v) is 6.19. The van der Waals surface area contributed by atoms with E-state index in [0.717, 1.165) is 26.6 Å². The topological polar surface area (TPSA) is 69.5 Å². The first-order chi connectivity index (χ1) is 13.2. The smallest absolute Gasteiger partial charge is 0.259 e. The van der Waals surface area contributed by atoms with Gasteiger partial charge < -0.3 is 4.98 Å². The number of hydrogen-bond donors (Lipinski definition) is 1. The van der Waals surface area contributed by atoms with Crippen molar-refractivity contribution >= 4 is 33.3 Å². The second-order valence-corrected chi connectivity index (χ2v) is 8.03. The Morgan fingerprint density at radius 3 is 2.59 bits per heavy atom. The van der Waals surface area contributed by atoms with Crippen molar-refractivity contribution < 1.29 is 0 Å². The summed E-state index contributed by atoms with van der Waals surface area (Å²) in [6.45, 7) is 0. The predicted molar refractivity (Wildman–Crippen MR) is 112 cm³/mol. The number of rotatable bonds is 5. The Labute approximate surface area is 164 Å². The molecule has 0 fully saturated rings. The maximum absolute atomic E-state index is 12.4. The number of aromatic nitrogens is 2. The van der Waals surface area contributed by atoms with Gasteiger partial charge in [-0.05, 0) is 29.3 Å². The Hall–Kier alpha value is -2.88. The van der Waals surface area contributed by atoms with Crippen LogP contribution in [0.1, 0.15) is 17.0 Å². The minimum Gasteiger partial charge on any atom is -0.309 e. The van der Waals surface area contributed by atoms with E-state index in [4.69, 9.17) is 5.26 Å². The van der Waals surface area contributed by atoms with Gasteiger partial charge in [0.05, 0.1) is 22.8 Å². The van der Waals surface area contributed by atoms with Gasteiger partial charge in [-0.25, -0.2) is 4.98 Å². The summed E-state index contributed by atoms with van der Waals surface area (Å²) in [6.07, 6.45) is 0. The third kappa shape index (κ3) is 3.95. The van der Waals surface area contributed by atoms with Crippen LogP contribution in [0.4, 0.5) is 0 Å². The van der Waals surface area contributed by atoms with Gasteiger partial charge in [0.2, 0.25) is 0 Å². The van der Waals surface area contributed by atoms with E-state index in [9.17, 15) is 4.79 Å². The number of H-pyrrole nitrogens is 1. The van der Waals surface area contributed by atoms with Crippen molar-refractivity contribution in [3.63, 3.8) is 0 Å². The first kappa shape index (κ1) is 17.5. The maximum atomic E-state index is 12.4. The van der Waals surface area contributed by atoms with Gasteiger partial charge in [-0.15, -0.1) is 23.1 Å². The van der Waals surface area contributed by atoms with Crippen molar-refractivity contribution in [2.75, 3.05) is 0 Å². The average Bonchev–Trinajstić information content (AvgIpc) is 3.14. The fraction of sp³-hybridized carbons (Fsp3) is 0.0952. The number of fused-ring (bicyclic) bond motifs is 1. The van der Waals surface area contributed by atoms with Crippen LogP contribution in [0.15, 0.2) is 65.5 Å². The maximum Gasteiger partial charge on any atom is 0.259 e. The molecule has 4 aromatic rings. The van der Waals surface area contributed by atoms with Crippen LogP contribution in [0.25, 0.3) is 20.7 Å². The van der Waals surface area contributed by atoms with Gasteiger partial charge in [-0.3, -0.25) is 4.79 Å². The van der Waals surface area contributed by atoms with Gasteiger partial charge in [0.25, 0.3) is 5.56 Å². The summed E-state index contributed by atoms with van der Waals surface area (Å²) < 4.78 is 0. The normalized spacial score (nSPS) is 10.8. The van der Waals surface area contributed by atoms with Crippen molar-refractivity contribution in [3.8, 4) is 16.5 Å². The molecule has 0 amide bonds. The third-order valence-electron chi connectivity index (χ3n) is 4.10. The van der Waals surface area contributed by atoms with Crippen molar-refractivity contribution in [3.05, 3.63) is 88.0 Å². The highest BCUT2D eigenvalue weighted by Crippen LogP contribution is 2.31. The van der Waals surface area contributed by atoms with Crippen LogP contribution in [0, 0.1) is 11.3 Å². The molecule has 2 aromatic heterocycles. The number of nitrogens with zero attached hydrogens (tertiary/aromatic N) is 2. The summed E-state index contributed by atoms with van der Waals surface area (Å²) in [5.74, 6) is 2.12. The summed E-state index contributed by atoms with van der Waals surface area (Å²) in [5, 5.41) is 9.48. The summed E-state index contributed by atoms with van der Waals surface area (Å²) >= 11 is 3.22. The second kappa shape index (κ2) is 7.78. The van der Waals surface area contributed by atoms with Gasteiger partial charge in [-0.1, -0.05) is 42.5 Å². The number of nitrogens with one attached hydrogen (secondary N) is 1. The van der Waals surface area contributed by atoms with E-state index in [1.165, 1.54) is 0 Å². The molecule has 0 atom stereocenters. The molecule has 0 unspecified atom stereocenters. The first-order valence-corrected chi connectivity index (χ1v) is 10.3. The Morgan fingerprint density at radius 2 is 1.85 bits per heavy atom. The zero-order chi connectivity index (χ0) is 18.6. The van der Waals surface area contributed by atoms with Gasteiger partial charge in [0.1, 0.15) is 10.7 Å². The lowest BCUT2D eigenvalue weighted by molar-refractivity contribution is 1.04. The average molecular weight is 390 g/mol. The molecule has 0 saturated carbocycles. The molecule has 0 radical (unpaired) electrons. The number of thiophene rings is 1. The van der Waals surface area contributed by atoms with Crippen LogP contribution >= 0.6 is 23.1 Å². The number of nitriles is 1. The van der Waals surface area contributed by atoms with Gasteiger partial charge >= 0.3 is 0 Å². The fourth-order valence-corrected chi connectivity index (χ4v) is 4.65. The molecule has 0 aliphatic carbocycles. The lowest BCUT2D eigenvalue weighted by Crippen LogP contribution is -2.09. The summed E-state index contributed by atoms with van der Waals surface area (Å²) in [6, 6.07) is 21.6. The molecule has 0 saturated heterocycles. The largest absolute Gasteiger partial charge is 0.309 e. The second-order valence-electron chi connectivity index (χ2n) is 6.01. The molecule has 4 rings (SSSR count). The van der Waals surface area contributed by atoms with Crippen LogP contribution in [0.2, 0.25) is 0 Å². The number of hydrogen-bond acceptors (Lipinski definition) is 5. The lowest BCUT2D eigenvalue weighted by Gasteiger charge is -2.02. The molecule has 0 aliphatic heterocycles. The number of benzene rings is 2. The summed E-state index contributed by atoms with van der Waals surface area (Å²) in [4.78, 5) is 21.8. The highest BCUT2D eigenvalue weighted by molar-refractivity contribution is 7.97. The molecule has 0 bridgehead atoms. The minimum atomic E-state index is -0.0904. The van der Waals surface area contributed by atoms with E-state index in [2.05, 4.69) is 16.0 Å². The van der Waals surface area contributed by atoms with Crippen molar-refractivity contribution in [2.45, 2.75) is 11.5 Å². The Bertz CT molecular complexity index is 1170. The molecule has 1 N–H and O–H groups in total. The molecule has 6 heteroatoms. The molecule has 2 heterocycles. The lowest BCUT2D eigenvalue weighted by atomic mass is 10.2. The Balaban J connectivity index is 1.50. The van der Waals surface area contributed by atoms with Gasteiger partial charge in [0.15, 0.2) is 0 Å². The molecular weight excluding hydrogens is 374 g/mol. The van der Waals surface area contributed by atoms with Crippen molar-refractivity contribution in [1.82, 2.24) is 9.97 Å². The zero-order valence-corrected chi connectivity index (χ0v) is 15.9. The van der Waals surface area contributed by atoms with Crippen LogP contribution in [0.3, 0.4) is 0 Å². The zero-order valence-electron chi connectivity index (χ0n) is 14.3. The standard InChI is InChI=1S/C21H15N3OS2/c22-11-14-6-8-15(9-7-14)12-26-13-19-23-20(25)17-10-18(27-21(17)24-19)16-4-2-1-3-5-16/h1-10H,12-13H2,(H,23,24,25). The molecule has 0 spiro atoms. The molecule has 4 nitrogen and oxygen atoms in total. The van der Waals surface area contributed by atoms with Crippen molar-refractivity contribution in [2.24, 2.45) is 0 Å². The summed E-state index contributed by atoms with van der Waals surface area (Å²) in [7, 11) is 0. The SMILES string of the molecule is N#Cc1ccc(CSCc2nc3sc(-c4ccccc4)cc3c(=O)[nH]2)cc1. The van der Waals surface area contributed by atoms with E-state index in [0.29, 0.717) is 22.5 Å². The molecule has 0 aliphatic rings. The van der Waals surface area contributed by atoms with E-state index in [-0.39, 0.29) is 5.56 Å². The van der Waals surface area contributed by atoms with Crippen LogP contribution < -0.4 is 5.56 Å². The van der Waals surface area contributed by atoms with Crippen LogP contribution in [-0.2, 0) is 11.5 Å². The van der Waals surface area contributed by atoms with E-state index in [1.54, 1.807) is 23.1 Å². The van der Waals surface area contributed by atoms with E-state index in [1.807, 2.05) is 60.7 Å². The highest BCUT2D eigenvalue weighted by atomic mass is 32.2. The van der Waals surface area contributed by atoms with Crippen LogP contribution in [0.5, 0.6) is 0 Å². The van der Waals surface area contributed by atoms with E-state index < -0.39 is 0 Å². The van der Waals surface area contributed by atoms with Gasteiger partial charge in [0, 0.05) is 10.6 Å². The molecule has 2 aromatic carbocycles. The monoisotopic (exact) mass is 389 g/mol. The molecule has 132 valence electrons. The fourth-order valence-electron chi connectivity index (χ4n) is 2.73. The minimum absolute atomic E-state index is 0.0904. The Kier molecular flexibility index (Phi) is 5.05. The number of aromatic amines is 1. The van der Waals surface area contributed by atoms with Gasteiger partial charge in [-0.2, -0.15) is 5.26 Å². The summed E-state index contributed by atoms with van der Waals surface area (Å²) in [5.41, 5.74) is 2.81. The predicted octanol–water partition coefficient (Wildman–Crippen LogP) is 4.96. The quantitative estimate of drug-likeness (QED) is 0.524. The molecule has 27 heavy (non-hydrogen) atoms.